The Morgan fingerprint density at radius 3 is 2.67 bits per heavy atom. The number of rotatable bonds is 8. The Kier molecular flexibility index (Phi) is 6.33. The maximum Gasteiger partial charge on any atom is 0.303 e. The van der Waals surface area contributed by atoms with E-state index in [1.807, 2.05) is 12.1 Å². The number of pyridine rings is 1. The van der Waals surface area contributed by atoms with Crippen molar-refractivity contribution in [3.63, 3.8) is 0 Å². The van der Waals surface area contributed by atoms with Crippen LogP contribution in [0.1, 0.15) is 68.6 Å². The van der Waals surface area contributed by atoms with Gasteiger partial charge in [-0.25, -0.2) is 4.98 Å². The molecule has 0 radical (unpaired) electrons. The molecule has 4 aliphatic carbocycles. The Morgan fingerprint density at radius 1 is 1.24 bits per heavy atom. The van der Waals surface area contributed by atoms with E-state index in [1.165, 1.54) is 0 Å². The maximum atomic E-state index is 13.4. The van der Waals surface area contributed by atoms with Crippen LogP contribution in [-0.2, 0) is 4.79 Å². The Balaban J connectivity index is 1.31. The summed E-state index contributed by atoms with van der Waals surface area (Å²) in [5.74, 6) is 2.42. The number of amides is 1. The molecule has 6 atom stereocenters. The standard InChI is InChI=1S/C25H35N3O4S/c1-2-7-33-24-19(3-4-20(26-24)28-6-5-15(14-28)10-21(29)30)23(31)27-22-17-8-16-9-18(22)13-25(32,11-16)12-17/h3-4,15-18,22,32H,2,5-14H2,1H3,(H,27,31)(H,29,30)/t15?,16?,17-,18?,22+,25-/m0/s1. The molecule has 4 bridgehead atoms. The van der Waals surface area contributed by atoms with Gasteiger partial charge in [-0.1, -0.05) is 6.92 Å². The summed E-state index contributed by atoms with van der Waals surface area (Å²) >= 11 is 1.62. The van der Waals surface area contributed by atoms with Gasteiger partial charge in [0.2, 0.25) is 0 Å². The average molecular weight is 474 g/mol. The van der Waals surface area contributed by atoms with Gasteiger partial charge in [0.15, 0.2) is 0 Å². The van der Waals surface area contributed by atoms with Crippen LogP contribution < -0.4 is 10.2 Å². The molecule has 33 heavy (non-hydrogen) atoms. The Bertz CT molecular complexity index is 909. The molecule has 3 unspecified atom stereocenters. The summed E-state index contributed by atoms with van der Waals surface area (Å²) in [7, 11) is 0. The van der Waals surface area contributed by atoms with Gasteiger partial charge in [0.25, 0.3) is 5.91 Å². The number of carboxylic acid groups (broad SMARTS) is 1. The smallest absolute Gasteiger partial charge is 0.303 e. The third-order valence-corrected chi connectivity index (χ3v) is 9.34. The summed E-state index contributed by atoms with van der Waals surface area (Å²) in [6.07, 6.45) is 6.83. The lowest BCUT2D eigenvalue weighted by atomic mass is 9.52. The number of carboxylic acids is 1. The van der Waals surface area contributed by atoms with Crippen LogP contribution in [0.15, 0.2) is 17.2 Å². The van der Waals surface area contributed by atoms with Crippen molar-refractivity contribution < 1.29 is 19.8 Å². The number of nitrogens with one attached hydrogen (secondary N) is 1. The zero-order valence-electron chi connectivity index (χ0n) is 19.3. The number of aliphatic hydroxyl groups is 1. The number of anilines is 1. The lowest BCUT2D eigenvalue weighted by Crippen LogP contribution is -2.61. The highest BCUT2D eigenvalue weighted by Crippen LogP contribution is 2.55. The van der Waals surface area contributed by atoms with E-state index in [9.17, 15) is 14.7 Å². The fraction of sp³-hybridized carbons (Fsp3) is 0.720. The van der Waals surface area contributed by atoms with Crippen molar-refractivity contribution in [3.05, 3.63) is 17.7 Å². The molecule has 5 aliphatic rings. The Hall–Kier alpha value is -1.80. The molecule has 0 aromatic carbocycles. The van der Waals surface area contributed by atoms with Crippen LogP contribution in [0.25, 0.3) is 0 Å². The normalized spacial score (nSPS) is 34.6. The molecule has 1 aromatic rings. The van der Waals surface area contributed by atoms with Crippen molar-refractivity contribution in [1.82, 2.24) is 10.3 Å². The van der Waals surface area contributed by atoms with Crippen LogP contribution in [0, 0.1) is 23.7 Å². The number of carbonyl (C=O) groups is 2. The fourth-order valence-electron chi connectivity index (χ4n) is 6.99. The second kappa shape index (κ2) is 9.10. The highest BCUT2D eigenvalue weighted by molar-refractivity contribution is 7.99. The summed E-state index contributed by atoms with van der Waals surface area (Å²) in [6, 6.07) is 3.95. The van der Waals surface area contributed by atoms with E-state index >= 15 is 0 Å². The minimum Gasteiger partial charge on any atom is -0.481 e. The van der Waals surface area contributed by atoms with Crippen molar-refractivity contribution in [1.29, 1.82) is 0 Å². The summed E-state index contributed by atoms with van der Waals surface area (Å²) in [5, 5.41) is 24.1. The predicted molar refractivity (Wildman–Crippen MR) is 128 cm³/mol. The SMILES string of the molecule is CCCSc1nc(N2CCC(CC(=O)O)C2)ccc1C(=O)N[C@H]1C2CC3C[C@H]1C[C@@](O)(C3)C2. The molecule has 1 saturated heterocycles. The van der Waals surface area contributed by atoms with Gasteiger partial charge in [0.05, 0.1) is 11.2 Å². The maximum absolute atomic E-state index is 13.4. The number of aliphatic carboxylic acids is 1. The molecule has 7 nitrogen and oxygen atoms in total. The number of carbonyl (C=O) groups excluding carboxylic acids is 1. The Labute approximate surface area is 199 Å². The van der Waals surface area contributed by atoms with Gasteiger partial charge in [0, 0.05) is 25.6 Å². The molecule has 180 valence electrons. The number of thioether (sulfide) groups is 1. The Morgan fingerprint density at radius 2 is 2.00 bits per heavy atom. The summed E-state index contributed by atoms with van der Waals surface area (Å²) in [6.45, 7) is 3.61. The highest BCUT2D eigenvalue weighted by Gasteiger charge is 2.55. The molecule has 1 amide bonds. The van der Waals surface area contributed by atoms with Gasteiger partial charge in [0.1, 0.15) is 10.8 Å². The molecule has 8 heteroatoms. The molecule has 6 rings (SSSR count). The first-order chi connectivity index (χ1) is 15.8. The molecule has 1 aliphatic heterocycles. The number of nitrogens with zero attached hydrogens (tertiary/aromatic N) is 2. The van der Waals surface area contributed by atoms with Gasteiger partial charge >= 0.3 is 5.97 Å². The quantitative estimate of drug-likeness (QED) is 0.496. The zero-order chi connectivity index (χ0) is 23.2. The first-order valence-corrected chi connectivity index (χ1v) is 13.5. The average Bonchev–Trinajstić information content (AvgIpc) is 3.21. The lowest BCUT2D eigenvalue weighted by Gasteiger charge is -2.58. The van der Waals surface area contributed by atoms with Crippen LogP contribution in [0.4, 0.5) is 5.82 Å². The fourth-order valence-corrected chi connectivity index (χ4v) is 7.86. The third-order valence-electron chi connectivity index (χ3n) is 8.14. The first-order valence-electron chi connectivity index (χ1n) is 12.5. The van der Waals surface area contributed by atoms with Gasteiger partial charge < -0.3 is 20.4 Å². The molecular weight excluding hydrogens is 438 g/mol. The van der Waals surface area contributed by atoms with Gasteiger partial charge in [-0.05, 0) is 86.5 Å². The van der Waals surface area contributed by atoms with Gasteiger partial charge in [-0.2, -0.15) is 0 Å². The van der Waals surface area contributed by atoms with Crippen LogP contribution in [-0.4, -0.2) is 57.6 Å². The summed E-state index contributed by atoms with van der Waals surface area (Å²) in [4.78, 5) is 31.5. The van der Waals surface area contributed by atoms with Crippen molar-refractivity contribution in [2.24, 2.45) is 23.7 Å². The molecule has 0 spiro atoms. The molecule has 4 saturated carbocycles. The topological polar surface area (TPSA) is 103 Å². The van der Waals surface area contributed by atoms with Crippen LogP contribution in [0.2, 0.25) is 0 Å². The van der Waals surface area contributed by atoms with Crippen molar-refractivity contribution in [2.75, 3.05) is 23.7 Å². The third kappa shape index (κ3) is 4.74. The van der Waals surface area contributed by atoms with Crippen molar-refractivity contribution >= 4 is 29.5 Å². The monoisotopic (exact) mass is 473 g/mol. The zero-order valence-corrected chi connectivity index (χ0v) is 20.1. The number of hydrogen-bond donors (Lipinski definition) is 3. The van der Waals surface area contributed by atoms with Gasteiger partial charge in [-0.3, -0.25) is 9.59 Å². The molecular formula is C25H35N3O4S. The highest BCUT2D eigenvalue weighted by atomic mass is 32.2. The van der Waals surface area contributed by atoms with E-state index < -0.39 is 11.6 Å². The lowest BCUT2D eigenvalue weighted by molar-refractivity contribution is -0.138. The molecule has 5 fully saturated rings. The van der Waals surface area contributed by atoms with E-state index in [4.69, 9.17) is 10.1 Å². The van der Waals surface area contributed by atoms with E-state index in [2.05, 4.69) is 17.1 Å². The molecule has 1 aromatic heterocycles. The van der Waals surface area contributed by atoms with E-state index in [-0.39, 0.29) is 24.3 Å². The predicted octanol–water partition coefficient (Wildman–Crippen LogP) is 3.55. The van der Waals surface area contributed by atoms with Crippen molar-refractivity contribution in [2.45, 2.75) is 75.0 Å². The second-order valence-corrected chi connectivity index (χ2v) is 11.8. The van der Waals surface area contributed by atoms with E-state index in [0.717, 1.165) is 68.1 Å². The number of aromatic nitrogens is 1. The van der Waals surface area contributed by atoms with Gasteiger partial charge in [-0.15, -0.1) is 11.8 Å². The second-order valence-electron chi connectivity index (χ2n) is 10.8. The first kappa shape index (κ1) is 23.0. The summed E-state index contributed by atoms with van der Waals surface area (Å²) < 4.78 is 0. The number of hydrogen-bond acceptors (Lipinski definition) is 6. The minimum atomic E-state index is -0.752. The summed E-state index contributed by atoms with van der Waals surface area (Å²) in [5.41, 5.74) is 0.128. The van der Waals surface area contributed by atoms with E-state index in [0.29, 0.717) is 29.9 Å². The molecule has 2 heterocycles. The van der Waals surface area contributed by atoms with Crippen LogP contribution in [0.3, 0.4) is 0 Å². The van der Waals surface area contributed by atoms with Crippen LogP contribution >= 0.6 is 11.8 Å². The minimum absolute atomic E-state index is 0.0534. The largest absolute Gasteiger partial charge is 0.481 e. The molecule has 3 N–H and O–H groups in total. The van der Waals surface area contributed by atoms with Crippen LogP contribution in [0.5, 0.6) is 0 Å². The van der Waals surface area contributed by atoms with Crippen molar-refractivity contribution in [3.8, 4) is 0 Å². The van der Waals surface area contributed by atoms with E-state index in [1.54, 1.807) is 11.8 Å².